The minimum atomic E-state index is -0.590. The molecule has 6 rings (SSSR count). The van der Waals surface area contributed by atoms with E-state index in [1.165, 1.54) is 16.7 Å². The van der Waals surface area contributed by atoms with Gasteiger partial charge in [-0.15, -0.1) is 0 Å². The fourth-order valence-electron chi connectivity index (χ4n) is 6.60. The number of rotatable bonds is 10. The number of aryl methyl sites for hydroxylation is 2. The number of halogens is 2. The second kappa shape index (κ2) is 13.7. The van der Waals surface area contributed by atoms with Crippen molar-refractivity contribution in [2.24, 2.45) is 0 Å². The van der Waals surface area contributed by atoms with Crippen molar-refractivity contribution < 1.29 is 19.1 Å². The Hall–Kier alpha value is -3.52. The normalized spacial score (nSPS) is 20.6. The van der Waals surface area contributed by atoms with Gasteiger partial charge >= 0.3 is 0 Å². The van der Waals surface area contributed by atoms with Crippen molar-refractivity contribution in [3.63, 3.8) is 0 Å². The predicted molar refractivity (Wildman–Crippen MR) is 183 cm³/mol. The third kappa shape index (κ3) is 7.07. The van der Waals surface area contributed by atoms with Crippen molar-refractivity contribution in [1.29, 1.82) is 0 Å². The van der Waals surface area contributed by atoms with Gasteiger partial charge in [0.25, 0.3) is 0 Å². The SMILES string of the molecule is CC(=O)N1C[C@H]2CC(c3ccc(OCCOc4c(Cl)cc(C)cc4Cl)cc3)=C[C@H](N2)C1C(=O)N(Cc1cccc(C)c1C)C1CC1. The molecule has 0 aromatic heterocycles. The molecule has 2 amide bonds. The van der Waals surface area contributed by atoms with E-state index in [0.29, 0.717) is 42.1 Å². The van der Waals surface area contributed by atoms with Gasteiger partial charge in [0.15, 0.2) is 5.75 Å². The highest BCUT2D eigenvalue weighted by Gasteiger charge is 2.46. The van der Waals surface area contributed by atoms with Gasteiger partial charge < -0.3 is 24.6 Å². The monoisotopic (exact) mass is 661 g/mol. The summed E-state index contributed by atoms with van der Waals surface area (Å²) >= 11 is 12.6. The van der Waals surface area contributed by atoms with Gasteiger partial charge in [0.05, 0.1) is 16.1 Å². The molecule has 1 aliphatic carbocycles. The maximum Gasteiger partial charge on any atom is 0.247 e. The van der Waals surface area contributed by atoms with E-state index in [0.717, 1.165) is 41.7 Å². The van der Waals surface area contributed by atoms with Gasteiger partial charge in [0, 0.05) is 32.1 Å². The maximum atomic E-state index is 14.4. The number of ether oxygens (including phenoxy) is 2. The van der Waals surface area contributed by atoms with E-state index < -0.39 is 6.04 Å². The zero-order valence-corrected chi connectivity index (χ0v) is 28.3. The van der Waals surface area contributed by atoms with E-state index in [1.807, 2.05) is 48.2 Å². The van der Waals surface area contributed by atoms with Gasteiger partial charge in [-0.2, -0.15) is 0 Å². The number of carbonyl (C=O) groups excluding carboxylic acids is 2. The summed E-state index contributed by atoms with van der Waals surface area (Å²) < 4.78 is 11.7. The molecule has 3 atom stereocenters. The molecular weight excluding hydrogens is 621 g/mol. The van der Waals surface area contributed by atoms with Crippen LogP contribution >= 0.6 is 23.2 Å². The predicted octanol–water partition coefficient (Wildman–Crippen LogP) is 6.91. The Morgan fingerprint density at radius 3 is 2.35 bits per heavy atom. The number of carbonyl (C=O) groups is 2. The minimum Gasteiger partial charge on any atom is -0.490 e. The molecule has 2 bridgehead atoms. The molecule has 1 unspecified atom stereocenters. The number of benzene rings is 3. The van der Waals surface area contributed by atoms with Crippen LogP contribution in [0.25, 0.3) is 5.57 Å². The molecule has 3 aliphatic rings. The second-order valence-corrected chi connectivity index (χ2v) is 13.6. The lowest BCUT2D eigenvalue weighted by Gasteiger charge is -2.47. The molecule has 3 aromatic rings. The summed E-state index contributed by atoms with van der Waals surface area (Å²) in [7, 11) is 0. The molecule has 46 heavy (non-hydrogen) atoms. The number of hydrogen-bond donors (Lipinski definition) is 1. The molecule has 9 heteroatoms. The molecule has 1 saturated carbocycles. The number of nitrogens with zero attached hydrogens (tertiary/aromatic N) is 2. The van der Waals surface area contributed by atoms with Gasteiger partial charge in [0.2, 0.25) is 11.8 Å². The van der Waals surface area contributed by atoms with Gasteiger partial charge in [-0.25, -0.2) is 0 Å². The Bertz CT molecular complexity index is 1630. The van der Waals surface area contributed by atoms with Crippen LogP contribution in [0.3, 0.4) is 0 Å². The zero-order chi connectivity index (χ0) is 32.5. The fraction of sp³-hybridized carbons (Fsp3) is 0.405. The summed E-state index contributed by atoms with van der Waals surface area (Å²) in [6.07, 6.45) is 4.91. The van der Waals surface area contributed by atoms with E-state index in [4.69, 9.17) is 32.7 Å². The number of hydrogen-bond acceptors (Lipinski definition) is 5. The Morgan fingerprint density at radius 1 is 0.978 bits per heavy atom. The third-order valence-corrected chi connectivity index (χ3v) is 9.88. The summed E-state index contributed by atoms with van der Waals surface area (Å²) in [6, 6.07) is 17.3. The highest BCUT2D eigenvalue weighted by atomic mass is 35.5. The van der Waals surface area contributed by atoms with Crippen LogP contribution in [-0.4, -0.2) is 65.5 Å². The first-order chi connectivity index (χ1) is 22.1. The Balaban J connectivity index is 1.15. The van der Waals surface area contributed by atoms with Crippen LogP contribution in [0, 0.1) is 20.8 Å². The summed E-state index contributed by atoms with van der Waals surface area (Å²) in [6.45, 7) is 9.41. The van der Waals surface area contributed by atoms with Gasteiger partial charge in [-0.05, 0) is 97.7 Å². The lowest BCUT2D eigenvalue weighted by atomic mass is 9.85. The van der Waals surface area contributed by atoms with Crippen molar-refractivity contribution in [3.8, 4) is 11.5 Å². The summed E-state index contributed by atoms with van der Waals surface area (Å²) in [5.41, 5.74) is 6.81. The Labute approximate surface area is 281 Å². The zero-order valence-electron chi connectivity index (χ0n) is 26.8. The molecule has 0 spiro atoms. The largest absolute Gasteiger partial charge is 0.490 e. The van der Waals surface area contributed by atoms with E-state index >= 15 is 0 Å². The first-order valence-electron chi connectivity index (χ1n) is 16.0. The van der Waals surface area contributed by atoms with Crippen LogP contribution in [-0.2, 0) is 16.1 Å². The topological polar surface area (TPSA) is 71.1 Å². The van der Waals surface area contributed by atoms with Crippen molar-refractivity contribution in [2.75, 3.05) is 19.8 Å². The van der Waals surface area contributed by atoms with Crippen LogP contribution in [0.15, 0.2) is 60.7 Å². The van der Waals surface area contributed by atoms with Crippen molar-refractivity contribution in [2.45, 2.75) is 77.7 Å². The van der Waals surface area contributed by atoms with Gasteiger partial charge in [-0.1, -0.05) is 59.6 Å². The average Bonchev–Trinajstić information content (AvgIpc) is 3.86. The highest BCUT2D eigenvalue weighted by molar-refractivity contribution is 6.37. The first kappa shape index (κ1) is 32.4. The highest BCUT2D eigenvalue weighted by Crippen LogP contribution is 2.36. The lowest BCUT2D eigenvalue weighted by molar-refractivity contribution is -0.149. The number of amides is 2. The van der Waals surface area contributed by atoms with Crippen molar-refractivity contribution in [1.82, 2.24) is 15.1 Å². The number of nitrogens with one attached hydrogen (secondary N) is 1. The third-order valence-electron chi connectivity index (χ3n) is 9.32. The molecule has 2 fully saturated rings. The molecule has 242 valence electrons. The molecular formula is C37H41Cl2N3O4. The maximum absolute atomic E-state index is 14.4. The van der Waals surface area contributed by atoms with Crippen LogP contribution in [0.5, 0.6) is 11.5 Å². The average molecular weight is 663 g/mol. The number of piperazine rings is 1. The molecule has 2 aliphatic heterocycles. The quantitative estimate of drug-likeness (QED) is 0.239. The van der Waals surface area contributed by atoms with Gasteiger partial charge in [0.1, 0.15) is 25.0 Å². The number of fused-ring (bicyclic) bond motifs is 2. The molecule has 1 N–H and O–H groups in total. The summed E-state index contributed by atoms with van der Waals surface area (Å²) in [5, 5.41) is 4.62. The summed E-state index contributed by atoms with van der Waals surface area (Å²) in [5.74, 6) is 1.14. The summed E-state index contributed by atoms with van der Waals surface area (Å²) in [4.78, 5) is 31.1. The molecule has 7 nitrogen and oxygen atoms in total. The van der Waals surface area contributed by atoms with Crippen LogP contribution in [0.1, 0.15) is 54.0 Å². The smallest absolute Gasteiger partial charge is 0.247 e. The van der Waals surface area contributed by atoms with E-state index in [-0.39, 0.29) is 29.9 Å². The molecule has 1 saturated heterocycles. The minimum absolute atomic E-state index is 0.0197. The van der Waals surface area contributed by atoms with E-state index in [2.05, 4.69) is 43.4 Å². The standard InChI is InChI=1S/C37H41Cl2N3O4/c1-22-16-32(38)36(33(39)17-22)46-15-14-45-31-12-8-26(9-13-31)28-18-29-21-41(25(4)43)35(34(19-28)40-29)37(44)42(30-10-11-30)20-27-7-5-6-23(2)24(27)3/h5-9,12-13,16-17,19,29-30,34-35,40H,10-11,14-15,18,20-21H2,1-4H3/t29-,34+,35?/m1/s1. The van der Waals surface area contributed by atoms with E-state index in [9.17, 15) is 9.59 Å². The van der Waals surface area contributed by atoms with Gasteiger partial charge in [-0.3, -0.25) is 9.59 Å². The Morgan fingerprint density at radius 2 is 1.67 bits per heavy atom. The second-order valence-electron chi connectivity index (χ2n) is 12.7. The molecule has 3 aromatic carbocycles. The Kier molecular flexibility index (Phi) is 9.64. The van der Waals surface area contributed by atoms with Crippen LogP contribution in [0.2, 0.25) is 10.0 Å². The molecule has 2 heterocycles. The van der Waals surface area contributed by atoms with E-state index in [1.54, 1.807) is 11.8 Å². The van der Waals surface area contributed by atoms with Crippen molar-refractivity contribution in [3.05, 3.63) is 98.5 Å². The lowest BCUT2D eigenvalue weighted by Crippen LogP contribution is -2.68. The molecule has 0 radical (unpaired) electrons. The van der Waals surface area contributed by atoms with Crippen LogP contribution < -0.4 is 14.8 Å². The first-order valence-corrected chi connectivity index (χ1v) is 16.8. The van der Waals surface area contributed by atoms with Crippen LogP contribution in [0.4, 0.5) is 0 Å². The fourth-order valence-corrected chi connectivity index (χ4v) is 7.31. The van der Waals surface area contributed by atoms with Crippen molar-refractivity contribution >= 4 is 40.6 Å².